The largest absolute Gasteiger partial charge is 0.480 e. The van der Waals surface area contributed by atoms with Gasteiger partial charge < -0.3 is 10.8 Å². The molecule has 3 N–H and O–H groups in total. The monoisotopic (exact) mass is 132 g/mol. The zero-order chi connectivity index (χ0) is 7.07. The zero-order valence-corrected chi connectivity index (χ0v) is 4.80. The third-order valence-corrected chi connectivity index (χ3v) is 1.60. The molecular weight excluding hydrogens is 124 g/mol. The SMILES string of the molecule is N[C@]1(C(=O)O)C[C@H]([18F])C1. The maximum Gasteiger partial charge on any atom is 0.323 e. The lowest BCUT2D eigenvalue weighted by atomic mass is 9.76. The first-order valence-corrected chi connectivity index (χ1v) is 2.71. The first-order chi connectivity index (χ1) is 4.04. The number of alkyl halides is 1. The Labute approximate surface area is 51.7 Å². The first-order valence-electron chi connectivity index (χ1n) is 2.71. The van der Waals surface area contributed by atoms with E-state index < -0.39 is 17.7 Å². The Bertz CT molecular complexity index is 142. The number of hydrogen-bond donors (Lipinski definition) is 2. The van der Waals surface area contributed by atoms with Crippen LogP contribution < -0.4 is 5.73 Å². The van der Waals surface area contributed by atoms with Gasteiger partial charge in [-0.05, 0) is 0 Å². The van der Waals surface area contributed by atoms with Crippen molar-refractivity contribution in [2.24, 2.45) is 5.73 Å². The van der Waals surface area contributed by atoms with Gasteiger partial charge >= 0.3 is 5.97 Å². The molecule has 0 aromatic rings. The summed E-state index contributed by atoms with van der Waals surface area (Å²) < 4.78 is 12.0. The van der Waals surface area contributed by atoms with Gasteiger partial charge in [-0.1, -0.05) is 0 Å². The van der Waals surface area contributed by atoms with Gasteiger partial charge in [0.2, 0.25) is 0 Å². The number of halogens is 1. The summed E-state index contributed by atoms with van der Waals surface area (Å²) in [4.78, 5) is 10.2. The van der Waals surface area contributed by atoms with Crippen molar-refractivity contribution in [1.29, 1.82) is 0 Å². The zero-order valence-electron chi connectivity index (χ0n) is 4.80. The predicted molar refractivity (Wildman–Crippen MR) is 28.7 cm³/mol. The molecule has 0 aromatic heterocycles. The van der Waals surface area contributed by atoms with E-state index in [1.165, 1.54) is 0 Å². The second-order valence-corrected chi connectivity index (χ2v) is 2.47. The van der Waals surface area contributed by atoms with Crippen molar-refractivity contribution < 1.29 is 14.3 Å². The van der Waals surface area contributed by atoms with Crippen molar-refractivity contribution in [2.75, 3.05) is 0 Å². The van der Waals surface area contributed by atoms with E-state index in [-0.39, 0.29) is 12.8 Å². The quantitative estimate of drug-likeness (QED) is 0.523. The van der Waals surface area contributed by atoms with Crippen LogP contribution in [0.4, 0.5) is 4.39 Å². The summed E-state index contributed by atoms with van der Waals surface area (Å²) in [6.07, 6.45) is -1.09. The minimum absolute atomic E-state index is 0.0394. The molecule has 0 heterocycles. The second-order valence-electron chi connectivity index (χ2n) is 2.47. The molecule has 52 valence electrons. The molecule has 9 heavy (non-hydrogen) atoms. The van der Waals surface area contributed by atoms with Crippen LogP contribution in [0, 0.1) is 0 Å². The van der Waals surface area contributed by atoms with Crippen LogP contribution >= 0.6 is 0 Å². The number of rotatable bonds is 1. The normalized spacial score (nSPS) is 41.8. The fourth-order valence-electron chi connectivity index (χ4n) is 0.905. The molecule has 1 rings (SSSR count). The van der Waals surface area contributed by atoms with Crippen molar-refractivity contribution >= 4 is 5.97 Å². The number of aliphatic carboxylic acids is 1. The molecule has 0 unspecified atom stereocenters. The Morgan fingerprint density at radius 3 is 2.33 bits per heavy atom. The average molecular weight is 132 g/mol. The Balaban J connectivity index is 2.50. The van der Waals surface area contributed by atoms with Crippen LogP contribution in [0.25, 0.3) is 0 Å². The molecule has 0 saturated heterocycles. The first kappa shape index (κ1) is 6.48. The van der Waals surface area contributed by atoms with Crippen molar-refractivity contribution in [2.45, 2.75) is 24.6 Å². The van der Waals surface area contributed by atoms with Gasteiger partial charge in [0.15, 0.2) is 0 Å². The van der Waals surface area contributed by atoms with E-state index >= 15 is 0 Å². The van der Waals surface area contributed by atoms with E-state index in [0.29, 0.717) is 0 Å². The van der Waals surface area contributed by atoms with Gasteiger partial charge in [-0.2, -0.15) is 0 Å². The molecule has 0 atom stereocenters. The molecule has 4 heteroatoms. The van der Waals surface area contributed by atoms with Gasteiger partial charge in [-0.25, -0.2) is 4.39 Å². The molecule has 0 aromatic carbocycles. The highest BCUT2D eigenvalue weighted by Gasteiger charge is 2.47. The minimum Gasteiger partial charge on any atom is -0.480 e. The van der Waals surface area contributed by atoms with Crippen LogP contribution in [0.3, 0.4) is 0 Å². The van der Waals surface area contributed by atoms with Gasteiger partial charge in [-0.15, -0.1) is 0 Å². The van der Waals surface area contributed by atoms with Crippen LogP contribution in [-0.4, -0.2) is 22.8 Å². The van der Waals surface area contributed by atoms with E-state index in [9.17, 15) is 9.18 Å². The lowest BCUT2D eigenvalue weighted by Gasteiger charge is -2.36. The average Bonchev–Trinajstić information content (AvgIpc) is 1.62. The number of nitrogens with two attached hydrogens (primary N) is 1. The smallest absolute Gasteiger partial charge is 0.323 e. The van der Waals surface area contributed by atoms with Crippen molar-refractivity contribution in [1.82, 2.24) is 0 Å². The lowest BCUT2D eigenvalue weighted by Crippen LogP contribution is -2.58. The highest BCUT2D eigenvalue weighted by Crippen LogP contribution is 2.32. The minimum atomic E-state index is -1.26. The highest BCUT2D eigenvalue weighted by atomic mass is 18.2. The predicted octanol–water partition coefficient (Wildman–Crippen LogP) is -0.0996. The number of carboxylic acids is 1. The molecule has 0 amide bonds. The van der Waals surface area contributed by atoms with Crippen LogP contribution in [-0.2, 0) is 4.79 Å². The topological polar surface area (TPSA) is 63.3 Å². The van der Waals surface area contributed by atoms with E-state index in [1.54, 1.807) is 0 Å². The molecule has 3 nitrogen and oxygen atoms in total. The summed E-state index contributed by atoms with van der Waals surface area (Å²) >= 11 is 0. The third kappa shape index (κ3) is 0.896. The Morgan fingerprint density at radius 2 is 2.22 bits per heavy atom. The summed E-state index contributed by atoms with van der Waals surface area (Å²) in [5, 5.41) is 8.32. The van der Waals surface area contributed by atoms with Gasteiger partial charge in [0.05, 0.1) is 0 Å². The summed E-state index contributed by atoms with van der Waals surface area (Å²) in [6.45, 7) is 0. The van der Waals surface area contributed by atoms with Gasteiger partial charge in [0.1, 0.15) is 11.7 Å². The van der Waals surface area contributed by atoms with Crippen LogP contribution in [0.15, 0.2) is 0 Å². The lowest BCUT2D eigenvalue weighted by molar-refractivity contribution is -0.149. The summed E-state index contributed by atoms with van der Waals surface area (Å²) in [5.74, 6) is -1.10. The molecule has 1 fully saturated rings. The Kier molecular flexibility index (Phi) is 1.20. The number of hydrogen-bond acceptors (Lipinski definition) is 2. The molecule has 1 saturated carbocycles. The fourth-order valence-corrected chi connectivity index (χ4v) is 0.905. The Morgan fingerprint density at radius 1 is 1.78 bits per heavy atom. The molecule has 0 spiro atoms. The summed E-state index contributed by atoms with van der Waals surface area (Å²) in [5.41, 5.74) is 3.93. The van der Waals surface area contributed by atoms with Gasteiger partial charge in [0.25, 0.3) is 0 Å². The van der Waals surface area contributed by atoms with Crippen LogP contribution in [0.5, 0.6) is 0 Å². The molecule has 0 aliphatic heterocycles. The van der Waals surface area contributed by atoms with Crippen molar-refractivity contribution in [3.63, 3.8) is 0 Å². The van der Waals surface area contributed by atoms with E-state index in [0.717, 1.165) is 0 Å². The van der Waals surface area contributed by atoms with Crippen molar-refractivity contribution in [3.05, 3.63) is 0 Å². The fraction of sp³-hybridized carbons (Fsp3) is 0.800. The number of carbonyl (C=O) groups is 1. The van der Waals surface area contributed by atoms with Crippen molar-refractivity contribution in [3.8, 4) is 0 Å². The number of carboxylic acid groups (broad SMARTS) is 1. The second kappa shape index (κ2) is 1.67. The Hall–Kier alpha value is -0.640. The van der Waals surface area contributed by atoms with E-state index in [1.807, 2.05) is 0 Å². The highest BCUT2D eigenvalue weighted by molar-refractivity contribution is 5.79. The standard InChI is InChI=1S/C5H8FNO2/c6-3-1-5(7,2-3)4(8)9/h3H,1-2,7H2,(H,8,9)/t3-,5+/i6-1. The maximum atomic E-state index is 12.0. The van der Waals surface area contributed by atoms with E-state index in [4.69, 9.17) is 10.8 Å². The van der Waals surface area contributed by atoms with E-state index in [2.05, 4.69) is 0 Å². The summed E-state index contributed by atoms with van der Waals surface area (Å²) in [6, 6.07) is 0. The molecule has 0 bridgehead atoms. The van der Waals surface area contributed by atoms with Gasteiger partial charge in [0, 0.05) is 12.8 Å². The molecule has 0 radical (unpaired) electrons. The molecule has 1 aliphatic carbocycles. The van der Waals surface area contributed by atoms with Crippen LogP contribution in [0.1, 0.15) is 12.8 Å². The summed E-state index contributed by atoms with van der Waals surface area (Å²) in [7, 11) is 0. The maximum absolute atomic E-state index is 12.0. The third-order valence-electron chi connectivity index (χ3n) is 1.60. The van der Waals surface area contributed by atoms with Gasteiger partial charge in [-0.3, -0.25) is 4.79 Å². The molecular formula is C5H8FNO2. The molecule has 1 aliphatic rings. The van der Waals surface area contributed by atoms with Crippen LogP contribution in [0.2, 0.25) is 0 Å².